The molecule has 0 amide bonds. The largest absolute Gasteiger partial charge is 0.487 e. The van der Waals surface area contributed by atoms with Gasteiger partial charge in [-0.1, -0.05) is 38.8 Å². The Morgan fingerprint density at radius 1 is 1.32 bits per heavy atom. The number of halogens is 2. The number of alkyl halides is 1. The van der Waals surface area contributed by atoms with E-state index in [1.165, 1.54) is 5.56 Å². The standard InChI is InChI=1S/C14H16Br2N2O/c1-3-11-7-12(18(2)17-11)9-19-13-4-5-14(16)10(6-13)8-15/h4-7H,3,8-9H2,1-2H3. The second-order valence-corrected chi connectivity index (χ2v) is 5.69. The highest BCUT2D eigenvalue weighted by Crippen LogP contribution is 2.25. The van der Waals surface area contributed by atoms with Gasteiger partial charge >= 0.3 is 0 Å². The van der Waals surface area contributed by atoms with Gasteiger partial charge in [-0.05, 0) is 36.2 Å². The number of ether oxygens (including phenoxy) is 1. The van der Waals surface area contributed by atoms with E-state index in [1.54, 1.807) is 0 Å². The Bertz CT molecular complexity index is 567. The van der Waals surface area contributed by atoms with Crippen LogP contribution in [0, 0.1) is 0 Å². The van der Waals surface area contributed by atoms with Crippen molar-refractivity contribution in [3.05, 3.63) is 45.7 Å². The van der Waals surface area contributed by atoms with E-state index in [-0.39, 0.29) is 0 Å². The summed E-state index contributed by atoms with van der Waals surface area (Å²) in [7, 11) is 1.95. The lowest BCUT2D eigenvalue weighted by Gasteiger charge is -2.08. The van der Waals surface area contributed by atoms with Crippen LogP contribution in [0.5, 0.6) is 5.75 Å². The molecule has 102 valence electrons. The number of aryl methyl sites for hydroxylation is 2. The van der Waals surface area contributed by atoms with Gasteiger partial charge < -0.3 is 4.74 Å². The van der Waals surface area contributed by atoms with Crippen LogP contribution in [-0.2, 0) is 25.4 Å². The molecule has 1 aromatic carbocycles. The number of hydrogen-bond donors (Lipinski definition) is 0. The van der Waals surface area contributed by atoms with Crippen molar-refractivity contribution < 1.29 is 4.74 Å². The predicted octanol–water partition coefficient (Wildman–Crippen LogP) is 4.22. The monoisotopic (exact) mass is 386 g/mol. The molecule has 3 nitrogen and oxygen atoms in total. The van der Waals surface area contributed by atoms with Crippen LogP contribution in [0.2, 0.25) is 0 Å². The van der Waals surface area contributed by atoms with E-state index < -0.39 is 0 Å². The molecule has 0 aliphatic rings. The minimum atomic E-state index is 0.535. The number of rotatable bonds is 5. The highest BCUT2D eigenvalue weighted by atomic mass is 79.9. The Labute approximate surface area is 130 Å². The molecule has 5 heteroatoms. The lowest BCUT2D eigenvalue weighted by molar-refractivity contribution is 0.294. The summed E-state index contributed by atoms with van der Waals surface area (Å²) in [5.74, 6) is 0.872. The molecule has 0 saturated carbocycles. The zero-order valence-electron chi connectivity index (χ0n) is 11.0. The Balaban J connectivity index is 2.07. The number of nitrogens with zero attached hydrogens (tertiary/aromatic N) is 2. The third-order valence-corrected chi connectivity index (χ3v) is 4.32. The maximum Gasteiger partial charge on any atom is 0.130 e. The summed E-state index contributed by atoms with van der Waals surface area (Å²) in [4.78, 5) is 0. The highest BCUT2D eigenvalue weighted by molar-refractivity contribution is 9.10. The summed E-state index contributed by atoms with van der Waals surface area (Å²) >= 11 is 6.97. The quantitative estimate of drug-likeness (QED) is 0.718. The molecule has 0 saturated heterocycles. The average molecular weight is 388 g/mol. The zero-order chi connectivity index (χ0) is 13.8. The van der Waals surface area contributed by atoms with Crippen molar-refractivity contribution in [3.8, 4) is 5.75 Å². The Morgan fingerprint density at radius 2 is 2.11 bits per heavy atom. The molecule has 2 aromatic rings. The first-order valence-corrected chi connectivity index (χ1v) is 8.04. The van der Waals surface area contributed by atoms with Crippen molar-refractivity contribution >= 4 is 31.9 Å². The topological polar surface area (TPSA) is 27.1 Å². The smallest absolute Gasteiger partial charge is 0.130 e. The summed E-state index contributed by atoms with van der Waals surface area (Å²) < 4.78 is 8.79. The molecular formula is C14H16Br2N2O. The molecule has 2 rings (SSSR count). The van der Waals surface area contributed by atoms with Crippen molar-refractivity contribution in [1.82, 2.24) is 9.78 Å². The van der Waals surface area contributed by atoms with E-state index in [1.807, 2.05) is 29.9 Å². The number of aromatic nitrogens is 2. The molecule has 1 heterocycles. The van der Waals surface area contributed by atoms with Crippen LogP contribution in [0.3, 0.4) is 0 Å². The van der Waals surface area contributed by atoms with Crippen molar-refractivity contribution in [2.45, 2.75) is 25.3 Å². The molecule has 19 heavy (non-hydrogen) atoms. The lowest BCUT2D eigenvalue weighted by atomic mass is 10.2. The van der Waals surface area contributed by atoms with Gasteiger partial charge in [-0.25, -0.2) is 0 Å². The summed E-state index contributed by atoms with van der Waals surface area (Å²) in [6.45, 7) is 2.64. The number of hydrogen-bond acceptors (Lipinski definition) is 2. The van der Waals surface area contributed by atoms with Gasteiger partial charge in [-0.15, -0.1) is 0 Å². The van der Waals surface area contributed by atoms with Gasteiger partial charge in [0.2, 0.25) is 0 Å². The fourth-order valence-corrected chi connectivity index (χ4v) is 3.01. The van der Waals surface area contributed by atoms with Crippen LogP contribution in [0.15, 0.2) is 28.7 Å². The molecule has 0 unspecified atom stereocenters. The lowest BCUT2D eigenvalue weighted by Crippen LogP contribution is -2.03. The van der Waals surface area contributed by atoms with Crippen LogP contribution in [0.1, 0.15) is 23.9 Å². The van der Waals surface area contributed by atoms with Gasteiger partial charge in [0.25, 0.3) is 0 Å². The third-order valence-electron chi connectivity index (χ3n) is 2.94. The normalized spacial score (nSPS) is 10.7. The van der Waals surface area contributed by atoms with E-state index in [0.717, 1.165) is 33.4 Å². The van der Waals surface area contributed by atoms with Gasteiger partial charge in [-0.2, -0.15) is 5.10 Å². The Kier molecular flexibility index (Phi) is 5.05. The van der Waals surface area contributed by atoms with Gasteiger partial charge in [0.1, 0.15) is 12.4 Å². The van der Waals surface area contributed by atoms with E-state index in [9.17, 15) is 0 Å². The van der Waals surface area contributed by atoms with Gasteiger partial charge in [0, 0.05) is 16.9 Å². The second-order valence-electron chi connectivity index (χ2n) is 4.28. The predicted molar refractivity (Wildman–Crippen MR) is 83.7 cm³/mol. The van der Waals surface area contributed by atoms with Crippen molar-refractivity contribution in [2.24, 2.45) is 7.05 Å². The summed E-state index contributed by atoms with van der Waals surface area (Å²) in [5, 5.41) is 5.21. The molecular weight excluding hydrogens is 372 g/mol. The van der Waals surface area contributed by atoms with Crippen molar-refractivity contribution in [1.29, 1.82) is 0 Å². The molecule has 0 N–H and O–H groups in total. The summed E-state index contributed by atoms with van der Waals surface area (Å²) in [5.41, 5.74) is 3.36. The minimum Gasteiger partial charge on any atom is -0.487 e. The van der Waals surface area contributed by atoms with E-state index in [4.69, 9.17) is 4.74 Å². The van der Waals surface area contributed by atoms with Gasteiger partial charge in [0.15, 0.2) is 0 Å². The van der Waals surface area contributed by atoms with Gasteiger partial charge in [0.05, 0.1) is 11.4 Å². The average Bonchev–Trinajstić information content (AvgIpc) is 2.78. The molecule has 0 bridgehead atoms. The summed E-state index contributed by atoms with van der Waals surface area (Å²) in [6, 6.07) is 8.10. The van der Waals surface area contributed by atoms with Crippen LogP contribution in [0.25, 0.3) is 0 Å². The van der Waals surface area contributed by atoms with Gasteiger partial charge in [-0.3, -0.25) is 4.68 Å². The summed E-state index contributed by atoms with van der Waals surface area (Å²) in [6.07, 6.45) is 0.944. The zero-order valence-corrected chi connectivity index (χ0v) is 14.2. The molecule has 0 spiro atoms. The van der Waals surface area contributed by atoms with E-state index in [0.29, 0.717) is 6.61 Å². The molecule has 1 aromatic heterocycles. The molecule has 0 aliphatic carbocycles. The first-order valence-electron chi connectivity index (χ1n) is 6.13. The maximum atomic E-state index is 5.83. The van der Waals surface area contributed by atoms with Crippen LogP contribution < -0.4 is 4.74 Å². The Hall–Kier alpha value is -0.810. The Morgan fingerprint density at radius 3 is 2.74 bits per heavy atom. The number of benzene rings is 1. The maximum absolute atomic E-state index is 5.83. The third kappa shape index (κ3) is 3.60. The molecule has 0 aliphatic heterocycles. The van der Waals surface area contributed by atoms with Crippen LogP contribution in [-0.4, -0.2) is 9.78 Å². The molecule has 0 radical (unpaired) electrons. The minimum absolute atomic E-state index is 0.535. The molecule has 0 atom stereocenters. The first-order chi connectivity index (χ1) is 9.13. The molecule has 0 fully saturated rings. The fourth-order valence-electron chi connectivity index (χ4n) is 1.78. The SMILES string of the molecule is CCc1cc(COc2ccc(Br)c(CBr)c2)n(C)n1. The first kappa shape index (κ1) is 14.6. The van der Waals surface area contributed by atoms with Crippen molar-refractivity contribution in [2.75, 3.05) is 0 Å². The van der Waals surface area contributed by atoms with Crippen molar-refractivity contribution in [3.63, 3.8) is 0 Å². The van der Waals surface area contributed by atoms with E-state index >= 15 is 0 Å². The highest BCUT2D eigenvalue weighted by Gasteiger charge is 2.06. The van der Waals surface area contributed by atoms with Crippen LogP contribution >= 0.6 is 31.9 Å². The second kappa shape index (κ2) is 6.57. The van der Waals surface area contributed by atoms with E-state index in [2.05, 4.69) is 49.9 Å². The van der Waals surface area contributed by atoms with Crippen LogP contribution in [0.4, 0.5) is 0 Å². The fraction of sp³-hybridized carbons (Fsp3) is 0.357.